The van der Waals surface area contributed by atoms with Gasteiger partial charge in [-0.15, -0.1) is 0 Å². The molecule has 0 saturated carbocycles. The van der Waals surface area contributed by atoms with E-state index in [9.17, 15) is 4.79 Å². The molecule has 0 aromatic carbocycles. The maximum absolute atomic E-state index is 10.9. The monoisotopic (exact) mass is 230 g/mol. The number of nitrogens with one attached hydrogen (secondary N) is 1. The van der Waals surface area contributed by atoms with Crippen LogP contribution in [0.15, 0.2) is 0 Å². The first kappa shape index (κ1) is 13.4. The number of hydrogen-bond donors (Lipinski definition) is 2. The van der Waals surface area contributed by atoms with Gasteiger partial charge in [0.05, 0.1) is 18.6 Å². The molecule has 0 bridgehead atoms. The molecule has 0 spiro atoms. The van der Waals surface area contributed by atoms with Gasteiger partial charge < -0.3 is 15.2 Å². The number of carboxylic acid groups (broad SMARTS) is 1. The van der Waals surface area contributed by atoms with Gasteiger partial charge in [0.2, 0.25) is 0 Å². The van der Waals surface area contributed by atoms with E-state index in [2.05, 4.69) is 24.1 Å². The summed E-state index contributed by atoms with van der Waals surface area (Å²) in [6.07, 6.45) is 0.196. The molecule has 2 N–H and O–H groups in total. The molecule has 0 aromatic heterocycles. The lowest BCUT2D eigenvalue weighted by Gasteiger charge is -2.52. The summed E-state index contributed by atoms with van der Waals surface area (Å²) in [7, 11) is 1.67. The number of methoxy groups -OCH3 is 1. The topological polar surface area (TPSA) is 61.8 Å². The third-order valence-electron chi connectivity index (χ3n) is 3.28. The van der Waals surface area contributed by atoms with Crippen molar-refractivity contribution in [2.24, 2.45) is 0 Å². The second-order valence-electron chi connectivity index (χ2n) is 4.49. The van der Waals surface area contributed by atoms with E-state index in [-0.39, 0.29) is 18.0 Å². The van der Waals surface area contributed by atoms with Crippen molar-refractivity contribution in [3.63, 3.8) is 0 Å². The Balaban J connectivity index is 2.70. The maximum atomic E-state index is 10.9. The van der Waals surface area contributed by atoms with Crippen molar-refractivity contribution in [1.82, 2.24) is 10.2 Å². The Morgan fingerprint density at radius 1 is 1.62 bits per heavy atom. The Bertz CT molecular complexity index is 241. The highest BCUT2D eigenvalue weighted by molar-refractivity contribution is 5.68. The van der Waals surface area contributed by atoms with Gasteiger partial charge in [-0.2, -0.15) is 0 Å². The van der Waals surface area contributed by atoms with Gasteiger partial charge in [0, 0.05) is 26.2 Å². The van der Waals surface area contributed by atoms with Crippen LogP contribution in [-0.4, -0.2) is 60.9 Å². The van der Waals surface area contributed by atoms with E-state index >= 15 is 0 Å². The molecule has 16 heavy (non-hydrogen) atoms. The lowest BCUT2D eigenvalue weighted by molar-refractivity contribution is -0.143. The van der Waals surface area contributed by atoms with E-state index in [1.807, 2.05) is 0 Å². The molecule has 1 unspecified atom stereocenters. The number of aliphatic carboxylic acids is 1. The van der Waals surface area contributed by atoms with Crippen LogP contribution in [0.1, 0.15) is 20.3 Å². The molecular formula is C11H22N2O3. The van der Waals surface area contributed by atoms with Gasteiger partial charge in [0.15, 0.2) is 0 Å². The summed E-state index contributed by atoms with van der Waals surface area (Å²) >= 11 is 0. The van der Waals surface area contributed by atoms with Crippen LogP contribution in [0.5, 0.6) is 0 Å². The van der Waals surface area contributed by atoms with Crippen molar-refractivity contribution in [2.45, 2.75) is 31.8 Å². The van der Waals surface area contributed by atoms with Crippen molar-refractivity contribution in [3.05, 3.63) is 0 Å². The molecule has 0 aromatic rings. The van der Waals surface area contributed by atoms with Gasteiger partial charge in [-0.1, -0.05) is 6.92 Å². The predicted octanol–water partition coefficient (Wildman–Crippen LogP) is 0.160. The molecule has 5 nitrogen and oxygen atoms in total. The van der Waals surface area contributed by atoms with E-state index in [1.165, 1.54) is 0 Å². The molecule has 1 saturated heterocycles. The predicted molar refractivity (Wildman–Crippen MR) is 61.6 cm³/mol. The fraction of sp³-hybridized carbons (Fsp3) is 0.909. The van der Waals surface area contributed by atoms with Crippen LogP contribution >= 0.6 is 0 Å². The average Bonchev–Trinajstić information content (AvgIpc) is 2.14. The van der Waals surface area contributed by atoms with Gasteiger partial charge in [0.25, 0.3) is 0 Å². The fourth-order valence-electron chi connectivity index (χ4n) is 2.57. The minimum absolute atomic E-state index is 0.196. The van der Waals surface area contributed by atoms with E-state index in [0.717, 1.165) is 19.6 Å². The smallest absolute Gasteiger partial charge is 0.305 e. The summed E-state index contributed by atoms with van der Waals surface area (Å²) < 4.78 is 5.15. The van der Waals surface area contributed by atoms with Gasteiger partial charge >= 0.3 is 5.97 Å². The molecule has 1 aliphatic heterocycles. The summed E-state index contributed by atoms with van der Waals surface area (Å²) in [6.45, 7) is 7.13. The number of rotatable bonds is 7. The largest absolute Gasteiger partial charge is 0.481 e. The molecule has 0 radical (unpaired) electrons. The SMILES string of the molecule is CCN(C(C)COC)C1(CC(=O)O)CNC1. The molecule has 5 heteroatoms. The van der Waals surface area contributed by atoms with Crippen LogP contribution in [0.2, 0.25) is 0 Å². The van der Waals surface area contributed by atoms with E-state index in [4.69, 9.17) is 9.84 Å². The minimum Gasteiger partial charge on any atom is -0.481 e. The van der Waals surface area contributed by atoms with Crippen molar-refractivity contribution < 1.29 is 14.6 Å². The Morgan fingerprint density at radius 2 is 2.25 bits per heavy atom. The number of nitrogens with zero attached hydrogens (tertiary/aromatic N) is 1. The Morgan fingerprint density at radius 3 is 2.56 bits per heavy atom. The van der Waals surface area contributed by atoms with Crippen LogP contribution in [0.4, 0.5) is 0 Å². The molecule has 1 rings (SSSR count). The zero-order chi connectivity index (χ0) is 12.2. The summed E-state index contributed by atoms with van der Waals surface area (Å²) in [5.41, 5.74) is -0.224. The van der Waals surface area contributed by atoms with E-state index in [1.54, 1.807) is 7.11 Å². The number of likely N-dealkylation sites (N-methyl/N-ethyl adjacent to an activating group) is 1. The normalized spacial score (nSPS) is 20.5. The highest BCUT2D eigenvalue weighted by Gasteiger charge is 2.45. The van der Waals surface area contributed by atoms with Crippen LogP contribution in [-0.2, 0) is 9.53 Å². The second-order valence-corrected chi connectivity index (χ2v) is 4.49. The molecule has 94 valence electrons. The first-order valence-corrected chi connectivity index (χ1v) is 5.74. The molecule has 1 fully saturated rings. The highest BCUT2D eigenvalue weighted by atomic mass is 16.5. The quantitative estimate of drug-likeness (QED) is 0.652. The maximum Gasteiger partial charge on any atom is 0.305 e. The summed E-state index contributed by atoms with van der Waals surface area (Å²) in [5.74, 6) is -0.732. The summed E-state index contributed by atoms with van der Waals surface area (Å²) in [4.78, 5) is 13.2. The summed E-state index contributed by atoms with van der Waals surface area (Å²) in [5, 5.41) is 12.2. The highest BCUT2D eigenvalue weighted by Crippen LogP contribution is 2.27. The number of ether oxygens (including phenoxy) is 1. The molecule has 0 amide bonds. The van der Waals surface area contributed by atoms with Gasteiger partial charge in [-0.05, 0) is 13.5 Å². The number of hydrogen-bond acceptors (Lipinski definition) is 4. The second kappa shape index (κ2) is 5.61. The van der Waals surface area contributed by atoms with Crippen molar-refractivity contribution in [1.29, 1.82) is 0 Å². The number of carbonyl (C=O) groups is 1. The average molecular weight is 230 g/mol. The zero-order valence-electron chi connectivity index (χ0n) is 10.3. The van der Waals surface area contributed by atoms with Gasteiger partial charge in [-0.25, -0.2) is 0 Å². The van der Waals surface area contributed by atoms with Crippen LogP contribution in [0.25, 0.3) is 0 Å². The lowest BCUT2D eigenvalue weighted by Crippen LogP contribution is -2.71. The molecule has 1 atom stereocenters. The van der Waals surface area contributed by atoms with Crippen LogP contribution in [0.3, 0.4) is 0 Å². The van der Waals surface area contributed by atoms with E-state index in [0.29, 0.717) is 6.61 Å². The Labute approximate surface area is 96.8 Å². The third kappa shape index (κ3) is 2.72. The van der Waals surface area contributed by atoms with Gasteiger partial charge in [-0.3, -0.25) is 9.69 Å². The number of carboxylic acids is 1. The molecule has 1 aliphatic rings. The standard InChI is InChI=1S/C11H22N2O3/c1-4-13(9(2)6-16-3)11(5-10(14)15)7-12-8-11/h9,12H,4-8H2,1-3H3,(H,14,15). The van der Waals surface area contributed by atoms with Crippen molar-refractivity contribution in [2.75, 3.05) is 33.4 Å². The Kier molecular flexibility index (Phi) is 4.70. The third-order valence-corrected chi connectivity index (χ3v) is 3.28. The van der Waals surface area contributed by atoms with Crippen molar-refractivity contribution in [3.8, 4) is 0 Å². The van der Waals surface area contributed by atoms with Gasteiger partial charge in [0.1, 0.15) is 0 Å². The molecule has 0 aliphatic carbocycles. The van der Waals surface area contributed by atoms with Crippen LogP contribution in [0, 0.1) is 0 Å². The molecule has 1 heterocycles. The van der Waals surface area contributed by atoms with Crippen LogP contribution < -0.4 is 5.32 Å². The van der Waals surface area contributed by atoms with Crippen molar-refractivity contribution >= 4 is 5.97 Å². The first-order valence-electron chi connectivity index (χ1n) is 5.74. The fourth-order valence-corrected chi connectivity index (χ4v) is 2.57. The molecular weight excluding hydrogens is 208 g/mol. The Hall–Kier alpha value is -0.650. The lowest BCUT2D eigenvalue weighted by atomic mass is 9.85. The zero-order valence-corrected chi connectivity index (χ0v) is 10.3. The minimum atomic E-state index is -0.732. The first-order chi connectivity index (χ1) is 7.55. The van der Waals surface area contributed by atoms with E-state index < -0.39 is 5.97 Å². The summed E-state index contributed by atoms with van der Waals surface area (Å²) in [6, 6.07) is 0.247.